The number of rotatable bonds is 8. The lowest BCUT2D eigenvalue weighted by Crippen LogP contribution is -2.62. The third-order valence-corrected chi connectivity index (χ3v) is 6.94. The van der Waals surface area contributed by atoms with Gasteiger partial charge in [0.25, 0.3) is 0 Å². The molecule has 12 heteroatoms. The smallest absolute Gasteiger partial charge is 0.328 e. The van der Waals surface area contributed by atoms with Crippen molar-refractivity contribution in [3.63, 3.8) is 0 Å². The van der Waals surface area contributed by atoms with Gasteiger partial charge < -0.3 is 15.9 Å². The number of aryl methyl sites for hydroxylation is 1. The first kappa shape index (κ1) is 28.6. The number of hydrogen-bond acceptors (Lipinski definition) is 8. The number of hydroxylamine groups is 2. The third-order valence-electron chi connectivity index (χ3n) is 6.55. The van der Waals surface area contributed by atoms with Gasteiger partial charge in [0.2, 0.25) is 0 Å². The van der Waals surface area contributed by atoms with E-state index in [-0.39, 0.29) is 22.9 Å². The Morgan fingerprint density at radius 2 is 1.81 bits per heavy atom. The molecule has 1 saturated heterocycles. The number of nitrogens with one attached hydrogen (secondary N) is 1. The lowest BCUT2D eigenvalue weighted by atomic mass is 9.66. The van der Waals surface area contributed by atoms with Crippen LogP contribution in [0, 0.1) is 12.3 Å². The Kier molecular flexibility index (Phi) is 9.32. The summed E-state index contributed by atoms with van der Waals surface area (Å²) < 4.78 is 40.0. The number of amides is 1. The van der Waals surface area contributed by atoms with E-state index in [0.717, 1.165) is 11.1 Å². The van der Waals surface area contributed by atoms with Gasteiger partial charge >= 0.3 is 18.1 Å². The molecule has 1 aromatic heterocycles. The minimum Gasteiger partial charge on any atom is -0.328 e. The minimum atomic E-state index is -5.42. The summed E-state index contributed by atoms with van der Waals surface area (Å²) in [5.41, 5.74) is 6.38. The predicted octanol–water partition coefficient (Wildman–Crippen LogP) is 2.66. The number of pyridine rings is 1. The second kappa shape index (κ2) is 12.1. The Morgan fingerprint density at radius 1 is 1.16 bits per heavy atom. The number of ketones is 1. The number of carbonyl (C=O) groups excluding carboxylic acids is 3. The van der Waals surface area contributed by atoms with Crippen LogP contribution in [-0.4, -0.2) is 64.8 Å². The average molecular weight is 539 g/mol. The van der Waals surface area contributed by atoms with Crippen LogP contribution >= 0.6 is 12.6 Å². The van der Waals surface area contributed by atoms with Gasteiger partial charge in [-0.25, -0.2) is 4.79 Å². The summed E-state index contributed by atoms with van der Waals surface area (Å²) in [6.45, 7) is 2.72. The average Bonchev–Trinajstić information content (AvgIpc) is 2.89. The van der Waals surface area contributed by atoms with E-state index in [0.29, 0.717) is 25.9 Å². The Balaban J connectivity index is 2.21. The summed E-state index contributed by atoms with van der Waals surface area (Å²) in [5.74, 6) is -4.68. The number of halogens is 3. The van der Waals surface area contributed by atoms with Gasteiger partial charge in [-0.15, -0.1) is 0 Å². The largest absolute Gasteiger partial charge is 0.493 e. The molecule has 8 nitrogen and oxygen atoms in total. The standard InChI is InChI=1S/C25H29F3N4O4S/c1-16-6-2-3-7-17(16)14-24(9-12-30-13-10-24)21(20(33)18(29)15-37)32(36-23(35)25(26,27)28)22(34)19-8-4-5-11-31-19/h2-8,11,18,21,30,37H,9-10,12-15,29H2,1H3/t18-,21?/m0/s1. The summed E-state index contributed by atoms with van der Waals surface area (Å²) >= 11 is 4.10. The van der Waals surface area contributed by atoms with Gasteiger partial charge in [0.15, 0.2) is 5.78 Å². The molecule has 0 bridgehead atoms. The zero-order chi connectivity index (χ0) is 27.2. The highest BCUT2D eigenvalue weighted by Gasteiger charge is 2.53. The highest BCUT2D eigenvalue weighted by Crippen LogP contribution is 2.41. The van der Waals surface area contributed by atoms with Gasteiger partial charge in [0.1, 0.15) is 11.7 Å². The third kappa shape index (κ3) is 6.68. The van der Waals surface area contributed by atoms with Crippen LogP contribution in [0.5, 0.6) is 0 Å². The van der Waals surface area contributed by atoms with E-state index in [1.54, 1.807) is 0 Å². The zero-order valence-electron chi connectivity index (χ0n) is 20.2. The first-order valence-electron chi connectivity index (χ1n) is 11.7. The maximum Gasteiger partial charge on any atom is 0.493 e. The molecular weight excluding hydrogens is 509 g/mol. The Hall–Kier alpha value is -2.96. The number of aromatic nitrogens is 1. The van der Waals surface area contributed by atoms with Crippen molar-refractivity contribution < 1.29 is 32.4 Å². The number of carbonyl (C=O) groups is 3. The molecule has 37 heavy (non-hydrogen) atoms. The first-order valence-corrected chi connectivity index (χ1v) is 12.3. The Labute approximate surface area is 218 Å². The molecule has 2 atom stereocenters. The van der Waals surface area contributed by atoms with E-state index in [9.17, 15) is 27.6 Å². The van der Waals surface area contributed by atoms with Crippen molar-refractivity contribution >= 4 is 30.3 Å². The molecule has 0 radical (unpaired) electrons. The van der Waals surface area contributed by atoms with Crippen molar-refractivity contribution in [3.8, 4) is 0 Å². The number of alkyl halides is 3. The summed E-state index contributed by atoms with van der Waals surface area (Å²) in [5, 5.41) is 3.42. The number of piperidine rings is 1. The van der Waals surface area contributed by atoms with Crippen LogP contribution in [0.1, 0.15) is 34.5 Å². The molecule has 1 unspecified atom stereocenters. The normalized spacial score (nSPS) is 16.9. The maximum absolute atomic E-state index is 13.8. The fraction of sp³-hybridized carbons (Fsp3) is 0.440. The number of benzene rings is 1. The Bertz CT molecular complexity index is 1110. The molecule has 2 aromatic rings. The van der Waals surface area contributed by atoms with Gasteiger partial charge in [-0.2, -0.15) is 30.9 Å². The second-order valence-electron chi connectivity index (χ2n) is 9.03. The maximum atomic E-state index is 13.8. The lowest BCUT2D eigenvalue weighted by molar-refractivity contribution is -0.239. The van der Waals surface area contributed by atoms with E-state index < -0.39 is 41.3 Å². The van der Waals surface area contributed by atoms with Crippen LogP contribution in [0.4, 0.5) is 13.2 Å². The summed E-state index contributed by atoms with van der Waals surface area (Å²) in [7, 11) is 0. The fourth-order valence-corrected chi connectivity index (χ4v) is 4.75. The predicted molar refractivity (Wildman–Crippen MR) is 133 cm³/mol. The van der Waals surface area contributed by atoms with Crippen LogP contribution < -0.4 is 11.1 Å². The van der Waals surface area contributed by atoms with Crippen LogP contribution in [0.25, 0.3) is 0 Å². The van der Waals surface area contributed by atoms with Gasteiger partial charge in [-0.3, -0.25) is 14.6 Å². The number of nitrogens with two attached hydrogens (primary N) is 1. The van der Waals surface area contributed by atoms with Crippen LogP contribution in [0.2, 0.25) is 0 Å². The summed E-state index contributed by atoms with van der Waals surface area (Å²) in [6.07, 6.45) is -3.33. The lowest BCUT2D eigenvalue weighted by Gasteiger charge is -2.47. The van der Waals surface area contributed by atoms with Crippen molar-refractivity contribution in [2.24, 2.45) is 11.1 Å². The van der Waals surface area contributed by atoms with E-state index in [2.05, 4.69) is 22.9 Å². The minimum absolute atomic E-state index is 0.132. The van der Waals surface area contributed by atoms with Gasteiger partial charge in [0.05, 0.1) is 6.04 Å². The monoisotopic (exact) mass is 538 g/mol. The highest BCUT2D eigenvalue weighted by molar-refractivity contribution is 7.80. The summed E-state index contributed by atoms with van der Waals surface area (Å²) in [6, 6.07) is 8.74. The molecule has 0 saturated carbocycles. The van der Waals surface area contributed by atoms with Crippen molar-refractivity contribution in [2.75, 3.05) is 18.8 Å². The molecule has 1 fully saturated rings. The molecule has 1 aliphatic heterocycles. The van der Waals surface area contributed by atoms with Crippen LogP contribution in [0.15, 0.2) is 48.7 Å². The van der Waals surface area contributed by atoms with E-state index in [4.69, 9.17) is 10.6 Å². The van der Waals surface area contributed by atoms with Crippen molar-refractivity contribution in [1.82, 2.24) is 15.4 Å². The zero-order valence-corrected chi connectivity index (χ0v) is 21.1. The van der Waals surface area contributed by atoms with Gasteiger partial charge in [-0.05, 0) is 62.5 Å². The molecule has 1 aliphatic rings. The molecule has 3 N–H and O–H groups in total. The molecule has 1 aromatic carbocycles. The highest BCUT2D eigenvalue weighted by atomic mass is 32.1. The molecule has 200 valence electrons. The fourth-order valence-electron chi connectivity index (χ4n) is 4.57. The molecule has 1 amide bonds. The van der Waals surface area contributed by atoms with Crippen LogP contribution in [0.3, 0.4) is 0 Å². The van der Waals surface area contributed by atoms with E-state index >= 15 is 0 Å². The number of Topliss-reactive ketones (excluding diaryl/α,β-unsaturated/α-hetero) is 1. The number of nitrogens with zero attached hydrogens (tertiary/aromatic N) is 2. The molecule has 0 aliphatic carbocycles. The molecule has 0 spiro atoms. The Morgan fingerprint density at radius 3 is 2.38 bits per heavy atom. The van der Waals surface area contributed by atoms with Gasteiger partial charge in [-0.1, -0.05) is 30.3 Å². The SMILES string of the molecule is Cc1ccccc1CC1(C(C(=O)[C@@H](N)CS)N(OC(=O)C(F)(F)F)C(=O)c2ccccn2)CCNCC1. The van der Waals surface area contributed by atoms with Gasteiger partial charge in [0, 0.05) is 17.4 Å². The molecular formula is C25H29F3N4O4S. The summed E-state index contributed by atoms with van der Waals surface area (Å²) in [4.78, 5) is 48.0. The number of thiol groups is 1. The number of hydrogen-bond donors (Lipinski definition) is 3. The van der Waals surface area contributed by atoms with Crippen LogP contribution in [-0.2, 0) is 20.8 Å². The first-order chi connectivity index (χ1) is 17.5. The van der Waals surface area contributed by atoms with E-state index in [1.807, 2.05) is 31.2 Å². The quantitative estimate of drug-likeness (QED) is 0.350. The van der Waals surface area contributed by atoms with E-state index in [1.165, 1.54) is 24.4 Å². The van der Waals surface area contributed by atoms with Crippen molar-refractivity contribution in [2.45, 2.75) is 44.4 Å². The second-order valence-corrected chi connectivity index (χ2v) is 9.40. The van der Waals surface area contributed by atoms with Crippen molar-refractivity contribution in [1.29, 1.82) is 0 Å². The topological polar surface area (TPSA) is 115 Å². The molecule has 2 heterocycles. The molecule has 3 rings (SSSR count). The van der Waals surface area contributed by atoms with Crippen molar-refractivity contribution in [3.05, 3.63) is 65.5 Å².